The van der Waals surface area contributed by atoms with Gasteiger partial charge in [-0.25, -0.2) is 9.38 Å². The summed E-state index contributed by atoms with van der Waals surface area (Å²) in [5, 5.41) is 0. The van der Waals surface area contributed by atoms with Crippen molar-refractivity contribution in [1.29, 1.82) is 0 Å². The lowest BCUT2D eigenvalue weighted by Gasteiger charge is -2.39. The first-order valence-corrected chi connectivity index (χ1v) is 10.5. The Hall–Kier alpha value is -2.40. The van der Waals surface area contributed by atoms with E-state index >= 15 is 0 Å². The van der Waals surface area contributed by atoms with Crippen molar-refractivity contribution in [1.82, 2.24) is 9.80 Å². The van der Waals surface area contributed by atoms with Crippen LogP contribution in [0.15, 0.2) is 53.5 Å². The number of rotatable bonds is 2. The molecular weight excluding hydrogens is 365 g/mol. The number of aliphatic imine (C=N–C) groups is 1. The highest BCUT2D eigenvalue weighted by Crippen LogP contribution is 2.42. The van der Waals surface area contributed by atoms with E-state index in [0.717, 1.165) is 50.4 Å². The Morgan fingerprint density at radius 1 is 1.14 bits per heavy atom. The van der Waals surface area contributed by atoms with Gasteiger partial charge in [0.1, 0.15) is 11.4 Å². The van der Waals surface area contributed by atoms with E-state index < -0.39 is 0 Å². The van der Waals surface area contributed by atoms with Crippen molar-refractivity contribution in [3.05, 3.63) is 71.0 Å². The van der Waals surface area contributed by atoms with Gasteiger partial charge >= 0.3 is 0 Å². The number of fused-ring (bicyclic) bond motifs is 1. The Labute approximate surface area is 172 Å². The molecule has 4 nitrogen and oxygen atoms in total. The topological polar surface area (TPSA) is 28.1 Å². The predicted molar refractivity (Wildman–Crippen MR) is 113 cm³/mol. The molecule has 0 bridgehead atoms. The molecule has 2 heterocycles. The Morgan fingerprint density at radius 3 is 2.69 bits per heavy atom. The second-order valence-electron chi connectivity index (χ2n) is 8.84. The minimum absolute atomic E-state index is 0.000462. The maximum absolute atomic E-state index is 13.6. The van der Waals surface area contributed by atoms with Crippen molar-refractivity contribution < 1.29 is 9.13 Å². The summed E-state index contributed by atoms with van der Waals surface area (Å²) in [6.07, 6.45) is 4.19. The average Bonchev–Trinajstić information content (AvgIpc) is 3.35. The van der Waals surface area contributed by atoms with Crippen LogP contribution in [-0.4, -0.2) is 54.6 Å². The van der Waals surface area contributed by atoms with Gasteiger partial charge in [-0.15, -0.1) is 0 Å². The van der Waals surface area contributed by atoms with Crippen LogP contribution in [0.3, 0.4) is 0 Å². The van der Waals surface area contributed by atoms with Crippen LogP contribution in [0.1, 0.15) is 42.0 Å². The van der Waals surface area contributed by atoms with Gasteiger partial charge in [-0.3, -0.25) is 0 Å². The quantitative estimate of drug-likeness (QED) is 0.772. The van der Waals surface area contributed by atoms with Gasteiger partial charge in [0.25, 0.3) is 6.02 Å². The fraction of sp³-hybridized carbons (Fsp3) is 0.458. The van der Waals surface area contributed by atoms with E-state index in [4.69, 9.17) is 9.73 Å². The average molecular weight is 394 g/mol. The third-order valence-electron chi connectivity index (χ3n) is 6.80. The molecule has 3 atom stereocenters. The molecule has 2 aliphatic heterocycles. The fourth-order valence-corrected chi connectivity index (χ4v) is 5.14. The van der Waals surface area contributed by atoms with Gasteiger partial charge in [0.15, 0.2) is 0 Å². The first kappa shape index (κ1) is 18.6. The maximum Gasteiger partial charge on any atom is 0.288 e. The molecule has 1 saturated carbocycles. The standard InChI is InChI=1S/C24H28FN3O/c1-27(2)20-11-13-24(15-20)16-26-23(29-24)28-14-12-17-5-3-4-6-21(17)22(28)18-7-9-19(25)10-8-18/h3-10,20,22H,11-16H2,1-2H3/t20?,22-,24?/m0/s1. The van der Waals surface area contributed by atoms with E-state index in [-0.39, 0.29) is 17.5 Å². The molecule has 29 heavy (non-hydrogen) atoms. The van der Waals surface area contributed by atoms with Gasteiger partial charge in [-0.2, -0.15) is 0 Å². The third kappa shape index (κ3) is 3.31. The molecule has 0 amide bonds. The van der Waals surface area contributed by atoms with Gasteiger partial charge in [-0.05, 0) is 62.2 Å². The van der Waals surface area contributed by atoms with Crippen molar-refractivity contribution in [3.63, 3.8) is 0 Å². The number of ether oxygens (including phenoxy) is 1. The molecule has 2 unspecified atom stereocenters. The number of amidine groups is 1. The molecule has 0 radical (unpaired) electrons. The van der Waals surface area contributed by atoms with Crippen molar-refractivity contribution in [2.45, 2.75) is 43.4 Å². The lowest BCUT2D eigenvalue weighted by molar-refractivity contribution is 0.0627. The summed E-state index contributed by atoms with van der Waals surface area (Å²) >= 11 is 0. The largest absolute Gasteiger partial charge is 0.456 e. The molecule has 2 aromatic carbocycles. The van der Waals surface area contributed by atoms with E-state index in [9.17, 15) is 4.39 Å². The molecule has 0 saturated heterocycles. The molecule has 152 valence electrons. The summed E-state index contributed by atoms with van der Waals surface area (Å²) in [6, 6.07) is 16.7. The van der Waals surface area contributed by atoms with Crippen LogP contribution >= 0.6 is 0 Å². The number of hydrogen-bond donors (Lipinski definition) is 0. The molecule has 0 N–H and O–H groups in total. The molecule has 1 spiro atoms. The van der Waals surface area contributed by atoms with Crippen LogP contribution in [0, 0.1) is 5.82 Å². The molecule has 1 aliphatic carbocycles. The zero-order chi connectivity index (χ0) is 20.0. The lowest BCUT2D eigenvalue weighted by atomic mass is 9.88. The Bertz CT molecular complexity index is 926. The molecule has 0 aromatic heterocycles. The minimum atomic E-state index is -0.210. The predicted octanol–water partition coefficient (Wildman–Crippen LogP) is 4.01. The van der Waals surface area contributed by atoms with Crippen molar-refractivity contribution in [3.8, 4) is 0 Å². The van der Waals surface area contributed by atoms with E-state index in [2.05, 4.69) is 48.2 Å². The number of hydrogen-bond acceptors (Lipinski definition) is 4. The normalized spacial score (nSPS) is 28.6. The van der Waals surface area contributed by atoms with Crippen LogP contribution in [-0.2, 0) is 11.2 Å². The summed E-state index contributed by atoms with van der Waals surface area (Å²) in [5.41, 5.74) is 3.52. The van der Waals surface area contributed by atoms with E-state index in [1.807, 2.05) is 12.1 Å². The zero-order valence-electron chi connectivity index (χ0n) is 17.1. The summed E-state index contributed by atoms with van der Waals surface area (Å²) in [5.74, 6) is -0.210. The first-order valence-electron chi connectivity index (χ1n) is 10.5. The molecule has 5 heteroatoms. The number of halogens is 1. The maximum atomic E-state index is 13.6. The van der Waals surface area contributed by atoms with Gasteiger partial charge < -0.3 is 14.5 Å². The fourth-order valence-electron chi connectivity index (χ4n) is 5.14. The van der Waals surface area contributed by atoms with Crippen LogP contribution in [0.5, 0.6) is 0 Å². The van der Waals surface area contributed by atoms with Crippen molar-refractivity contribution in [2.75, 3.05) is 27.2 Å². The molecule has 5 rings (SSSR count). The van der Waals surface area contributed by atoms with Crippen LogP contribution in [0.25, 0.3) is 0 Å². The van der Waals surface area contributed by atoms with Gasteiger partial charge in [0.2, 0.25) is 0 Å². The molecule has 1 fully saturated rings. The summed E-state index contributed by atoms with van der Waals surface area (Å²) in [6.45, 7) is 1.59. The third-order valence-corrected chi connectivity index (χ3v) is 6.80. The monoisotopic (exact) mass is 393 g/mol. The Balaban J connectivity index is 1.46. The van der Waals surface area contributed by atoms with E-state index in [1.165, 1.54) is 11.1 Å². The Kier molecular flexibility index (Phi) is 4.58. The first-order chi connectivity index (χ1) is 14.0. The minimum Gasteiger partial charge on any atom is -0.456 e. The van der Waals surface area contributed by atoms with Gasteiger partial charge in [0.05, 0.1) is 12.6 Å². The van der Waals surface area contributed by atoms with Crippen molar-refractivity contribution >= 4 is 6.02 Å². The van der Waals surface area contributed by atoms with Gasteiger partial charge in [0, 0.05) is 19.0 Å². The summed E-state index contributed by atoms with van der Waals surface area (Å²) in [7, 11) is 4.29. The number of benzene rings is 2. The van der Waals surface area contributed by atoms with Crippen LogP contribution in [0.4, 0.5) is 4.39 Å². The van der Waals surface area contributed by atoms with E-state index in [0.29, 0.717) is 6.04 Å². The highest BCUT2D eigenvalue weighted by molar-refractivity contribution is 5.78. The van der Waals surface area contributed by atoms with Crippen molar-refractivity contribution in [2.24, 2.45) is 4.99 Å². The molecule has 3 aliphatic rings. The molecular formula is C24H28FN3O. The summed E-state index contributed by atoms with van der Waals surface area (Å²) < 4.78 is 20.2. The second kappa shape index (κ2) is 7.13. The zero-order valence-corrected chi connectivity index (χ0v) is 17.1. The van der Waals surface area contributed by atoms with Crippen LogP contribution in [0.2, 0.25) is 0 Å². The molecule has 2 aromatic rings. The highest BCUT2D eigenvalue weighted by Gasteiger charge is 2.47. The van der Waals surface area contributed by atoms with Crippen LogP contribution < -0.4 is 0 Å². The summed E-state index contributed by atoms with van der Waals surface area (Å²) in [4.78, 5) is 9.47. The lowest BCUT2D eigenvalue weighted by Crippen LogP contribution is -2.43. The second-order valence-corrected chi connectivity index (χ2v) is 8.84. The Morgan fingerprint density at radius 2 is 1.93 bits per heavy atom. The SMILES string of the molecule is CN(C)C1CCC2(CN=C(N3CCc4ccccc4[C@@H]3c3ccc(F)cc3)O2)C1. The highest BCUT2D eigenvalue weighted by atomic mass is 19.1. The van der Waals surface area contributed by atoms with Gasteiger partial charge in [-0.1, -0.05) is 36.4 Å². The number of nitrogens with zero attached hydrogens (tertiary/aromatic N) is 3. The van der Waals surface area contributed by atoms with E-state index in [1.54, 1.807) is 12.1 Å². The smallest absolute Gasteiger partial charge is 0.288 e.